The van der Waals surface area contributed by atoms with Crippen LogP contribution in [0.1, 0.15) is 29.7 Å². The lowest BCUT2D eigenvalue weighted by atomic mass is 10.0. The Morgan fingerprint density at radius 1 is 1.10 bits per heavy atom. The molecule has 3 heteroatoms. The van der Waals surface area contributed by atoms with Crippen LogP contribution in [0.5, 0.6) is 0 Å². The highest BCUT2D eigenvalue weighted by Crippen LogP contribution is 2.17. The summed E-state index contributed by atoms with van der Waals surface area (Å²) in [7, 11) is 0. The molecule has 0 unspecified atom stereocenters. The van der Waals surface area contributed by atoms with Gasteiger partial charge in [0.2, 0.25) is 5.91 Å². The summed E-state index contributed by atoms with van der Waals surface area (Å²) in [6, 6.07) is 18.2. The first kappa shape index (κ1) is 15.0. The zero-order chi connectivity index (χ0) is 15.1. The largest absolute Gasteiger partial charge is 0.291 e. The molecule has 0 saturated heterocycles. The minimum Gasteiger partial charge on any atom is -0.291 e. The van der Waals surface area contributed by atoms with Crippen molar-refractivity contribution in [2.24, 2.45) is 0 Å². The van der Waals surface area contributed by atoms with Crippen LogP contribution in [-0.2, 0) is 4.79 Å². The molecule has 0 spiro atoms. The number of rotatable bonds is 5. The van der Waals surface area contributed by atoms with Crippen molar-refractivity contribution in [3.05, 3.63) is 77.4 Å². The summed E-state index contributed by atoms with van der Waals surface area (Å²) in [5.41, 5.74) is 9.13. The van der Waals surface area contributed by atoms with Crippen molar-refractivity contribution in [3.63, 3.8) is 0 Å². The van der Waals surface area contributed by atoms with E-state index in [4.69, 9.17) is 0 Å². The summed E-state index contributed by atoms with van der Waals surface area (Å²) < 4.78 is 0. The minimum absolute atomic E-state index is 0.0750. The molecule has 0 aliphatic carbocycles. The molecule has 1 amide bonds. The molecule has 0 heterocycles. The smallest absolute Gasteiger partial charge is 0.230 e. The Balaban J connectivity index is 2.19. The average Bonchev–Trinajstić information content (AvgIpc) is 2.48. The Bertz CT molecular complexity index is 620. The molecule has 21 heavy (non-hydrogen) atoms. The van der Waals surface area contributed by atoms with Gasteiger partial charge in [0.1, 0.15) is 0 Å². The van der Waals surface area contributed by atoms with Gasteiger partial charge in [0.25, 0.3) is 0 Å². The SMILES string of the molecule is CC(=O)NN[C@H](/C=C/c1ccccc1)c1cccc(C)c1. The predicted octanol–water partition coefficient (Wildman–Crippen LogP) is 3.39. The second-order valence-corrected chi connectivity index (χ2v) is 4.99. The summed E-state index contributed by atoms with van der Waals surface area (Å²) in [4.78, 5) is 11.1. The summed E-state index contributed by atoms with van der Waals surface area (Å²) >= 11 is 0. The van der Waals surface area contributed by atoms with Crippen molar-refractivity contribution in [2.75, 3.05) is 0 Å². The van der Waals surface area contributed by atoms with Crippen LogP contribution in [0.3, 0.4) is 0 Å². The summed E-state index contributed by atoms with van der Waals surface area (Å²) in [5, 5.41) is 0. The van der Waals surface area contributed by atoms with Crippen LogP contribution in [0.15, 0.2) is 60.7 Å². The molecular formula is C18H20N2O. The number of benzene rings is 2. The Kier molecular flexibility index (Phi) is 5.29. The first-order valence-electron chi connectivity index (χ1n) is 6.97. The third-order valence-corrected chi connectivity index (χ3v) is 3.09. The van der Waals surface area contributed by atoms with Crippen LogP contribution in [0.2, 0.25) is 0 Å². The second-order valence-electron chi connectivity index (χ2n) is 4.99. The lowest BCUT2D eigenvalue weighted by Gasteiger charge is -2.16. The maximum absolute atomic E-state index is 11.1. The van der Waals surface area contributed by atoms with Gasteiger partial charge in [0, 0.05) is 6.92 Å². The van der Waals surface area contributed by atoms with Gasteiger partial charge in [0.15, 0.2) is 0 Å². The van der Waals surface area contributed by atoms with Crippen molar-refractivity contribution in [1.29, 1.82) is 0 Å². The van der Waals surface area contributed by atoms with Gasteiger partial charge < -0.3 is 0 Å². The van der Waals surface area contributed by atoms with E-state index in [1.54, 1.807) is 0 Å². The maximum Gasteiger partial charge on any atom is 0.230 e. The van der Waals surface area contributed by atoms with Crippen molar-refractivity contribution in [1.82, 2.24) is 10.9 Å². The van der Waals surface area contributed by atoms with E-state index in [9.17, 15) is 4.79 Å². The van der Waals surface area contributed by atoms with Crippen molar-refractivity contribution in [2.45, 2.75) is 19.9 Å². The molecule has 2 aromatic rings. The molecule has 3 nitrogen and oxygen atoms in total. The highest BCUT2D eigenvalue weighted by atomic mass is 16.2. The molecule has 0 fully saturated rings. The van der Waals surface area contributed by atoms with Crippen LogP contribution in [0.25, 0.3) is 6.08 Å². The number of hydrazine groups is 1. The quantitative estimate of drug-likeness (QED) is 0.824. The number of hydrogen-bond donors (Lipinski definition) is 2. The van der Waals surface area contributed by atoms with Gasteiger partial charge >= 0.3 is 0 Å². The maximum atomic E-state index is 11.1. The van der Waals surface area contributed by atoms with Crippen molar-refractivity contribution in [3.8, 4) is 0 Å². The van der Waals surface area contributed by atoms with Crippen LogP contribution in [0, 0.1) is 6.92 Å². The van der Waals surface area contributed by atoms with Crippen LogP contribution in [0.4, 0.5) is 0 Å². The highest BCUT2D eigenvalue weighted by molar-refractivity contribution is 5.72. The molecule has 0 radical (unpaired) electrons. The van der Waals surface area contributed by atoms with Crippen LogP contribution >= 0.6 is 0 Å². The van der Waals surface area contributed by atoms with Gasteiger partial charge in [-0.15, -0.1) is 0 Å². The Morgan fingerprint density at radius 2 is 1.86 bits per heavy atom. The Hall–Kier alpha value is -2.39. The normalized spacial score (nSPS) is 12.3. The lowest BCUT2D eigenvalue weighted by Crippen LogP contribution is -2.37. The number of hydrogen-bond acceptors (Lipinski definition) is 2. The fraction of sp³-hybridized carbons (Fsp3) is 0.167. The fourth-order valence-corrected chi connectivity index (χ4v) is 2.06. The number of carbonyl (C=O) groups is 1. The van der Waals surface area contributed by atoms with E-state index in [1.165, 1.54) is 12.5 Å². The monoisotopic (exact) mass is 280 g/mol. The summed E-state index contributed by atoms with van der Waals surface area (Å²) in [5.74, 6) is -0.110. The van der Waals surface area contributed by atoms with Gasteiger partial charge in [0.05, 0.1) is 6.04 Å². The number of amides is 1. The average molecular weight is 280 g/mol. The summed E-state index contributed by atoms with van der Waals surface area (Å²) in [6.45, 7) is 3.54. The third-order valence-electron chi connectivity index (χ3n) is 3.09. The molecule has 0 bridgehead atoms. The number of aryl methyl sites for hydroxylation is 1. The van der Waals surface area contributed by atoms with E-state index in [2.05, 4.69) is 29.9 Å². The van der Waals surface area contributed by atoms with E-state index in [1.807, 2.05) is 54.6 Å². The van der Waals surface area contributed by atoms with E-state index >= 15 is 0 Å². The summed E-state index contributed by atoms with van der Waals surface area (Å²) in [6.07, 6.45) is 4.09. The van der Waals surface area contributed by atoms with E-state index < -0.39 is 0 Å². The first-order chi connectivity index (χ1) is 10.1. The molecule has 0 aromatic heterocycles. The number of carbonyl (C=O) groups excluding carboxylic acids is 1. The Labute approximate surface area is 125 Å². The van der Waals surface area contributed by atoms with Gasteiger partial charge in [-0.2, -0.15) is 0 Å². The minimum atomic E-state index is -0.110. The van der Waals surface area contributed by atoms with Crippen LogP contribution in [-0.4, -0.2) is 5.91 Å². The van der Waals surface area contributed by atoms with E-state index in [-0.39, 0.29) is 11.9 Å². The van der Waals surface area contributed by atoms with Gasteiger partial charge in [-0.1, -0.05) is 72.3 Å². The topological polar surface area (TPSA) is 41.1 Å². The van der Waals surface area contributed by atoms with Gasteiger partial charge in [-0.25, -0.2) is 5.43 Å². The Morgan fingerprint density at radius 3 is 2.52 bits per heavy atom. The molecule has 0 aliphatic heterocycles. The van der Waals surface area contributed by atoms with Crippen molar-refractivity contribution < 1.29 is 4.79 Å². The zero-order valence-corrected chi connectivity index (χ0v) is 12.3. The standard InChI is InChI=1S/C18H20N2O/c1-14-7-6-10-17(13-14)18(20-19-15(2)21)12-11-16-8-4-3-5-9-16/h3-13,18,20H,1-2H3,(H,19,21)/b12-11+/t18-/m1/s1. The van der Waals surface area contributed by atoms with Crippen molar-refractivity contribution >= 4 is 12.0 Å². The molecular weight excluding hydrogens is 260 g/mol. The van der Waals surface area contributed by atoms with Crippen LogP contribution < -0.4 is 10.9 Å². The zero-order valence-electron chi connectivity index (χ0n) is 12.3. The first-order valence-corrected chi connectivity index (χ1v) is 6.97. The molecule has 2 rings (SSSR count). The molecule has 0 saturated carbocycles. The molecule has 108 valence electrons. The molecule has 2 aromatic carbocycles. The second kappa shape index (κ2) is 7.41. The third kappa shape index (κ3) is 4.89. The molecule has 2 N–H and O–H groups in total. The van der Waals surface area contributed by atoms with Gasteiger partial charge in [-0.3, -0.25) is 10.2 Å². The van der Waals surface area contributed by atoms with E-state index in [0.717, 1.165) is 11.1 Å². The highest BCUT2D eigenvalue weighted by Gasteiger charge is 2.08. The molecule has 0 aliphatic rings. The predicted molar refractivity (Wildman–Crippen MR) is 86.3 cm³/mol. The molecule has 1 atom stereocenters. The number of nitrogens with one attached hydrogen (secondary N) is 2. The fourth-order valence-electron chi connectivity index (χ4n) is 2.06. The van der Waals surface area contributed by atoms with E-state index in [0.29, 0.717) is 0 Å². The lowest BCUT2D eigenvalue weighted by molar-refractivity contribution is -0.120. The van der Waals surface area contributed by atoms with Gasteiger partial charge in [-0.05, 0) is 18.1 Å².